The number of likely N-dealkylation sites (N-methyl/N-ethyl adjacent to an activating group) is 2. The standard InChI is InChI=1S/C36H84N2O9S2Si6/c1-21-35(3,33(39)41-27-25-37(5)6)48-29-23-31-54(19,44-51(12,13)14)46-53(17,18)47-55(20,45-52(15,16)43-50(9,10)11)32-24-30-49-36(4,22-2)34(40)42-28-26-38(7)8/h21-32H2,1-20H3. The SMILES string of the molecule is CCC(C)(SCCC[Si](C)(O[Si](C)(C)C)O[Si](C)(C)O[Si](C)(CCCSC(C)(CC)C(=O)OCCN(C)C)O[Si](C)(C)O[Si](C)(C)C)C(=O)OCCN(C)C. The Labute approximate surface area is 353 Å². The minimum atomic E-state index is -2.86. The molecule has 0 bridgehead atoms. The van der Waals surface area contributed by atoms with Crippen molar-refractivity contribution in [3.63, 3.8) is 0 Å². The quantitative estimate of drug-likeness (QED) is 0.0389. The van der Waals surface area contributed by atoms with Crippen LogP contribution in [0.4, 0.5) is 0 Å². The van der Waals surface area contributed by atoms with Crippen LogP contribution >= 0.6 is 23.5 Å². The molecule has 0 heterocycles. The van der Waals surface area contributed by atoms with Gasteiger partial charge >= 0.3 is 46.2 Å². The highest BCUT2D eigenvalue weighted by Crippen LogP contribution is 2.36. The van der Waals surface area contributed by atoms with E-state index in [0.717, 1.165) is 36.4 Å². The molecule has 0 saturated carbocycles. The first kappa shape index (κ1) is 55.7. The van der Waals surface area contributed by atoms with E-state index in [2.05, 4.69) is 78.6 Å². The third-order valence-electron chi connectivity index (χ3n) is 8.61. The molecular weight excluding hydrogens is 837 g/mol. The Morgan fingerprint density at radius 2 is 0.836 bits per heavy atom. The van der Waals surface area contributed by atoms with E-state index in [1.807, 2.05) is 65.7 Å². The van der Waals surface area contributed by atoms with E-state index in [4.69, 9.17) is 30.0 Å². The van der Waals surface area contributed by atoms with Gasteiger partial charge in [-0.15, -0.1) is 23.5 Å². The number of hydrogen-bond acceptors (Lipinski definition) is 13. The summed E-state index contributed by atoms with van der Waals surface area (Å²) >= 11 is 3.33. The lowest BCUT2D eigenvalue weighted by atomic mass is 10.1. The number of thioether (sulfide) groups is 2. The molecule has 0 saturated heterocycles. The Balaban J connectivity index is 6.07. The van der Waals surface area contributed by atoms with Gasteiger partial charge in [0.05, 0.1) is 0 Å². The summed E-state index contributed by atoms with van der Waals surface area (Å²) in [7, 11) is -6.95. The van der Waals surface area contributed by atoms with Crippen molar-refractivity contribution < 1.29 is 39.6 Å². The van der Waals surface area contributed by atoms with Crippen molar-refractivity contribution in [2.75, 3.05) is 66.0 Å². The molecule has 0 fully saturated rings. The first-order valence-corrected chi connectivity index (χ1v) is 39.6. The molecule has 0 aromatic rings. The minimum absolute atomic E-state index is 0.148. The van der Waals surface area contributed by atoms with Crippen LogP contribution in [0.5, 0.6) is 0 Å². The van der Waals surface area contributed by atoms with E-state index < -0.39 is 60.4 Å². The predicted octanol–water partition coefficient (Wildman–Crippen LogP) is 9.08. The predicted molar refractivity (Wildman–Crippen MR) is 250 cm³/mol. The number of esters is 2. The van der Waals surface area contributed by atoms with E-state index >= 15 is 0 Å². The van der Waals surface area contributed by atoms with E-state index in [-0.39, 0.29) is 11.9 Å². The Morgan fingerprint density at radius 3 is 1.13 bits per heavy atom. The number of hydrogen-bond donors (Lipinski definition) is 0. The van der Waals surface area contributed by atoms with Gasteiger partial charge in [0.1, 0.15) is 22.7 Å². The second-order valence-electron chi connectivity index (χ2n) is 18.8. The maximum absolute atomic E-state index is 13.1. The summed E-state index contributed by atoms with van der Waals surface area (Å²) < 4.78 is 45.3. The highest BCUT2D eigenvalue weighted by Gasteiger charge is 2.50. The van der Waals surface area contributed by atoms with Gasteiger partial charge in [-0.2, -0.15) is 0 Å². The Morgan fingerprint density at radius 1 is 0.527 bits per heavy atom. The summed E-state index contributed by atoms with van der Waals surface area (Å²) in [5.74, 6) is 1.28. The van der Waals surface area contributed by atoms with Gasteiger partial charge in [0.15, 0.2) is 16.6 Å². The molecule has 0 amide bonds. The van der Waals surface area contributed by atoms with Gasteiger partial charge in [0, 0.05) is 13.1 Å². The van der Waals surface area contributed by atoms with Crippen molar-refractivity contribution in [1.29, 1.82) is 0 Å². The fourth-order valence-corrected chi connectivity index (χ4v) is 37.9. The van der Waals surface area contributed by atoms with Crippen LogP contribution < -0.4 is 0 Å². The summed E-state index contributed by atoms with van der Waals surface area (Å²) in [5.41, 5.74) is 0. The van der Waals surface area contributed by atoms with E-state index in [0.29, 0.717) is 39.1 Å². The summed E-state index contributed by atoms with van der Waals surface area (Å²) in [5, 5.41) is 0. The van der Waals surface area contributed by atoms with Crippen molar-refractivity contribution in [2.45, 2.75) is 154 Å². The Bertz CT molecular complexity index is 1170. The zero-order valence-electron chi connectivity index (χ0n) is 38.9. The first-order valence-electron chi connectivity index (χ1n) is 20.2. The van der Waals surface area contributed by atoms with Crippen molar-refractivity contribution in [3.8, 4) is 0 Å². The number of carbonyl (C=O) groups excluding carboxylic acids is 2. The molecule has 0 rings (SSSR count). The van der Waals surface area contributed by atoms with Crippen LogP contribution in [0.1, 0.15) is 53.4 Å². The molecule has 0 aliphatic rings. The molecule has 0 aromatic carbocycles. The molecule has 55 heavy (non-hydrogen) atoms. The lowest BCUT2D eigenvalue weighted by Gasteiger charge is -2.44. The third kappa shape index (κ3) is 24.5. The number of nitrogens with zero attached hydrogens (tertiary/aromatic N) is 2. The molecule has 0 aliphatic carbocycles. The molecule has 4 atom stereocenters. The molecule has 0 aromatic heterocycles. The monoisotopic (exact) mass is 920 g/mol. The van der Waals surface area contributed by atoms with Crippen LogP contribution in [0.3, 0.4) is 0 Å². The van der Waals surface area contributed by atoms with E-state index in [1.54, 1.807) is 23.5 Å². The average molecular weight is 922 g/mol. The smallest absolute Gasteiger partial charge is 0.321 e. The molecule has 19 heteroatoms. The highest BCUT2D eigenvalue weighted by atomic mass is 32.2. The zero-order valence-corrected chi connectivity index (χ0v) is 46.5. The third-order valence-corrected chi connectivity index (χ3v) is 34.0. The fraction of sp³-hybridized carbons (Fsp3) is 0.944. The Hall–Kier alpha value is 0.661. The summed E-state index contributed by atoms with van der Waals surface area (Å²) in [4.78, 5) is 30.2. The van der Waals surface area contributed by atoms with Crippen LogP contribution in [0.2, 0.25) is 90.7 Å². The summed E-state index contributed by atoms with van der Waals surface area (Å²) in [6.07, 6.45) is 3.09. The maximum atomic E-state index is 13.1. The van der Waals surface area contributed by atoms with Gasteiger partial charge in [-0.05, 0) is 170 Å². The van der Waals surface area contributed by atoms with Crippen molar-refractivity contribution in [3.05, 3.63) is 0 Å². The summed E-state index contributed by atoms with van der Waals surface area (Å²) in [6, 6.07) is 1.55. The number of carbonyl (C=O) groups is 2. The molecule has 0 N–H and O–H groups in total. The van der Waals surface area contributed by atoms with Crippen molar-refractivity contribution in [1.82, 2.24) is 9.80 Å². The zero-order chi connectivity index (χ0) is 43.2. The first-order chi connectivity index (χ1) is 24.7. The van der Waals surface area contributed by atoms with E-state index in [1.165, 1.54) is 0 Å². The lowest BCUT2D eigenvalue weighted by molar-refractivity contribution is -0.147. The van der Waals surface area contributed by atoms with Gasteiger partial charge in [0.2, 0.25) is 0 Å². The van der Waals surface area contributed by atoms with Gasteiger partial charge in [-0.25, -0.2) is 0 Å². The molecule has 0 spiro atoms. The van der Waals surface area contributed by atoms with Crippen LogP contribution in [-0.4, -0.2) is 148 Å². The Kier molecular flexibility index (Phi) is 23.9. The normalized spacial score (nSPS) is 17.7. The molecule has 0 aliphatic heterocycles. The van der Waals surface area contributed by atoms with Gasteiger partial charge < -0.3 is 39.8 Å². The molecule has 0 radical (unpaired) electrons. The van der Waals surface area contributed by atoms with Crippen molar-refractivity contribution >= 4 is 86.3 Å². The second-order valence-corrected chi connectivity index (χ2v) is 45.6. The van der Waals surface area contributed by atoms with Crippen LogP contribution in [0, 0.1) is 0 Å². The van der Waals surface area contributed by atoms with E-state index in [9.17, 15) is 9.59 Å². The van der Waals surface area contributed by atoms with Crippen LogP contribution in [0.25, 0.3) is 0 Å². The minimum Gasteiger partial charge on any atom is -0.463 e. The largest absolute Gasteiger partial charge is 0.463 e. The highest BCUT2D eigenvalue weighted by molar-refractivity contribution is 8.01. The molecule has 11 nitrogen and oxygen atoms in total. The fourth-order valence-electron chi connectivity index (χ4n) is 6.17. The summed E-state index contributed by atoms with van der Waals surface area (Å²) in [6.45, 7) is 36.4. The molecule has 328 valence electrons. The van der Waals surface area contributed by atoms with Gasteiger partial charge in [-0.1, -0.05) is 13.8 Å². The van der Waals surface area contributed by atoms with Crippen LogP contribution in [-0.2, 0) is 39.6 Å². The topological polar surface area (TPSA) is 105 Å². The van der Waals surface area contributed by atoms with Gasteiger partial charge in [0.25, 0.3) is 0 Å². The maximum Gasteiger partial charge on any atom is 0.321 e. The lowest BCUT2D eigenvalue weighted by Crippen LogP contribution is -2.61. The number of ether oxygens (including phenoxy) is 2. The number of rotatable bonds is 30. The molecular formula is C36H84N2O9S2Si6. The molecule has 4 unspecified atom stereocenters. The van der Waals surface area contributed by atoms with Crippen LogP contribution in [0.15, 0.2) is 0 Å². The van der Waals surface area contributed by atoms with Gasteiger partial charge in [-0.3, -0.25) is 9.59 Å². The van der Waals surface area contributed by atoms with Crippen molar-refractivity contribution in [2.24, 2.45) is 0 Å². The second kappa shape index (κ2) is 23.6. The average Bonchev–Trinajstić information content (AvgIpc) is 2.97.